The summed E-state index contributed by atoms with van der Waals surface area (Å²) in [7, 11) is 2.00. The Labute approximate surface area is 168 Å². The fraction of sp³-hybridized carbons (Fsp3) is 0.435. The molecular formula is C23H31N3O2. The van der Waals surface area contributed by atoms with Gasteiger partial charge in [-0.3, -0.25) is 9.69 Å². The monoisotopic (exact) mass is 381 g/mol. The Bertz CT molecular complexity index is 815. The number of para-hydroxylation sites is 1. The van der Waals surface area contributed by atoms with E-state index in [0.717, 1.165) is 49.7 Å². The van der Waals surface area contributed by atoms with E-state index in [-0.39, 0.29) is 11.9 Å². The summed E-state index contributed by atoms with van der Waals surface area (Å²) < 4.78 is 5.48. The molecule has 1 fully saturated rings. The van der Waals surface area contributed by atoms with Crippen LogP contribution in [0.5, 0.6) is 0 Å². The highest BCUT2D eigenvalue weighted by Gasteiger charge is 2.21. The van der Waals surface area contributed by atoms with Crippen molar-refractivity contribution < 1.29 is 9.53 Å². The predicted octanol–water partition coefficient (Wildman–Crippen LogP) is 3.60. The number of nitrogens with one attached hydrogen (secondary N) is 1. The first kappa shape index (κ1) is 20.4. The van der Waals surface area contributed by atoms with E-state index >= 15 is 0 Å². The number of rotatable bonds is 6. The zero-order chi connectivity index (χ0) is 20.1. The Balaban J connectivity index is 1.68. The van der Waals surface area contributed by atoms with Crippen LogP contribution in [0.4, 0.5) is 11.4 Å². The summed E-state index contributed by atoms with van der Waals surface area (Å²) in [5.41, 5.74) is 5.57. The average Bonchev–Trinajstić information content (AvgIpc) is 2.71. The Morgan fingerprint density at radius 1 is 1.18 bits per heavy atom. The van der Waals surface area contributed by atoms with E-state index < -0.39 is 0 Å². The Morgan fingerprint density at radius 3 is 2.64 bits per heavy atom. The largest absolute Gasteiger partial charge is 0.378 e. The molecule has 5 nitrogen and oxygen atoms in total. The van der Waals surface area contributed by atoms with Crippen molar-refractivity contribution in [1.29, 1.82) is 0 Å². The molecule has 1 saturated heterocycles. The molecule has 1 N–H and O–H groups in total. The van der Waals surface area contributed by atoms with Crippen LogP contribution in [-0.4, -0.2) is 50.2 Å². The molecule has 5 heteroatoms. The van der Waals surface area contributed by atoms with E-state index in [0.29, 0.717) is 0 Å². The van der Waals surface area contributed by atoms with Gasteiger partial charge in [0.15, 0.2) is 0 Å². The van der Waals surface area contributed by atoms with E-state index in [1.54, 1.807) is 0 Å². The van der Waals surface area contributed by atoms with Gasteiger partial charge in [0.05, 0.1) is 19.3 Å². The summed E-state index contributed by atoms with van der Waals surface area (Å²) in [6.07, 6.45) is 0. The molecule has 2 aromatic rings. The lowest BCUT2D eigenvalue weighted by Gasteiger charge is -2.32. The lowest BCUT2D eigenvalue weighted by molar-refractivity contribution is -0.120. The Hall–Kier alpha value is -2.37. The minimum Gasteiger partial charge on any atom is -0.378 e. The molecule has 1 heterocycles. The quantitative estimate of drug-likeness (QED) is 0.830. The lowest BCUT2D eigenvalue weighted by Crippen LogP contribution is -2.40. The van der Waals surface area contributed by atoms with Crippen LogP contribution >= 0.6 is 0 Å². The molecule has 2 aromatic carbocycles. The SMILES string of the molecule is Cc1ccc(C)c(NC(=O)[C@@H](C)N(C)Cc2ccccc2N2CCOCC2)c1. The van der Waals surface area contributed by atoms with Gasteiger partial charge in [0.2, 0.25) is 5.91 Å². The topological polar surface area (TPSA) is 44.8 Å². The number of aryl methyl sites for hydroxylation is 2. The number of likely N-dealkylation sites (N-methyl/N-ethyl adjacent to an activating group) is 1. The maximum Gasteiger partial charge on any atom is 0.241 e. The number of carbonyl (C=O) groups is 1. The first-order valence-electron chi connectivity index (χ1n) is 9.94. The standard InChI is InChI=1S/C23H31N3O2/c1-17-9-10-18(2)21(15-17)24-23(27)19(3)25(4)16-20-7-5-6-8-22(20)26-11-13-28-14-12-26/h5-10,15,19H,11-14,16H2,1-4H3,(H,24,27)/t19-/m1/s1. The number of anilines is 2. The first-order chi connectivity index (χ1) is 13.5. The van der Waals surface area contributed by atoms with Gasteiger partial charge in [-0.1, -0.05) is 30.3 Å². The summed E-state index contributed by atoms with van der Waals surface area (Å²) in [6, 6.07) is 14.3. The number of carbonyl (C=O) groups excluding carboxylic acids is 1. The van der Waals surface area contributed by atoms with E-state index in [2.05, 4.69) is 45.4 Å². The fourth-order valence-electron chi connectivity index (χ4n) is 3.47. The van der Waals surface area contributed by atoms with Gasteiger partial charge in [0.25, 0.3) is 0 Å². The van der Waals surface area contributed by atoms with E-state index in [1.165, 1.54) is 11.3 Å². The first-order valence-corrected chi connectivity index (χ1v) is 9.94. The molecular weight excluding hydrogens is 350 g/mol. The zero-order valence-corrected chi connectivity index (χ0v) is 17.4. The van der Waals surface area contributed by atoms with Crippen LogP contribution in [0.2, 0.25) is 0 Å². The van der Waals surface area contributed by atoms with Crippen molar-refractivity contribution in [2.75, 3.05) is 43.6 Å². The molecule has 0 aliphatic carbocycles. The van der Waals surface area contributed by atoms with Gasteiger partial charge in [-0.25, -0.2) is 0 Å². The molecule has 0 aromatic heterocycles. The molecule has 3 rings (SSSR count). The summed E-state index contributed by atoms with van der Waals surface area (Å²) in [5.74, 6) is 0.0139. The number of hydrogen-bond donors (Lipinski definition) is 1. The molecule has 0 bridgehead atoms. The van der Waals surface area contributed by atoms with Crippen molar-refractivity contribution in [2.24, 2.45) is 0 Å². The molecule has 0 saturated carbocycles. The summed E-state index contributed by atoms with van der Waals surface area (Å²) in [6.45, 7) is 10.1. The van der Waals surface area contributed by atoms with E-state index in [1.807, 2.05) is 40.0 Å². The fourth-order valence-corrected chi connectivity index (χ4v) is 3.47. The molecule has 0 spiro atoms. The van der Waals surface area contributed by atoms with Crippen LogP contribution in [0.25, 0.3) is 0 Å². The van der Waals surface area contributed by atoms with Gasteiger partial charge in [-0.15, -0.1) is 0 Å². The lowest BCUT2D eigenvalue weighted by atomic mass is 10.1. The Morgan fingerprint density at radius 2 is 1.89 bits per heavy atom. The minimum atomic E-state index is -0.238. The van der Waals surface area contributed by atoms with Crippen LogP contribution < -0.4 is 10.2 Å². The predicted molar refractivity (Wildman–Crippen MR) is 115 cm³/mol. The van der Waals surface area contributed by atoms with Crippen LogP contribution in [0.3, 0.4) is 0 Å². The number of benzene rings is 2. The highest BCUT2D eigenvalue weighted by atomic mass is 16.5. The number of hydrogen-bond acceptors (Lipinski definition) is 4. The minimum absolute atomic E-state index is 0.0139. The summed E-state index contributed by atoms with van der Waals surface area (Å²) in [5, 5.41) is 3.09. The third-order valence-corrected chi connectivity index (χ3v) is 5.45. The molecule has 0 unspecified atom stereocenters. The molecule has 0 radical (unpaired) electrons. The van der Waals surface area contributed by atoms with Gasteiger partial charge in [0, 0.05) is 31.0 Å². The highest BCUT2D eigenvalue weighted by molar-refractivity contribution is 5.95. The zero-order valence-electron chi connectivity index (χ0n) is 17.4. The summed E-state index contributed by atoms with van der Waals surface area (Å²) >= 11 is 0. The van der Waals surface area contributed by atoms with Crippen LogP contribution in [0, 0.1) is 13.8 Å². The second kappa shape index (κ2) is 9.22. The van der Waals surface area contributed by atoms with Gasteiger partial charge in [-0.2, -0.15) is 0 Å². The van der Waals surface area contributed by atoms with E-state index in [4.69, 9.17) is 4.74 Å². The number of amides is 1. The maximum absolute atomic E-state index is 12.8. The van der Waals surface area contributed by atoms with Crippen molar-refractivity contribution in [1.82, 2.24) is 4.90 Å². The third kappa shape index (κ3) is 4.91. The van der Waals surface area contributed by atoms with Gasteiger partial charge >= 0.3 is 0 Å². The molecule has 150 valence electrons. The third-order valence-electron chi connectivity index (χ3n) is 5.45. The average molecular weight is 382 g/mol. The molecule has 1 amide bonds. The molecule has 1 aliphatic rings. The van der Waals surface area contributed by atoms with Crippen molar-refractivity contribution in [3.63, 3.8) is 0 Å². The van der Waals surface area contributed by atoms with Crippen LogP contribution in [-0.2, 0) is 16.1 Å². The highest BCUT2D eigenvalue weighted by Crippen LogP contribution is 2.24. The van der Waals surface area contributed by atoms with E-state index in [9.17, 15) is 4.79 Å². The van der Waals surface area contributed by atoms with Crippen molar-refractivity contribution in [3.8, 4) is 0 Å². The van der Waals surface area contributed by atoms with Crippen LogP contribution in [0.1, 0.15) is 23.6 Å². The molecule has 1 aliphatic heterocycles. The second-order valence-corrected chi connectivity index (χ2v) is 7.63. The smallest absolute Gasteiger partial charge is 0.241 e. The van der Waals surface area contributed by atoms with Gasteiger partial charge in [0.1, 0.15) is 0 Å². The molecule has 1 atom stereocenters. The number of nitrogens with zero attached hydrogens (tertiary/aromatic N) is 2. The van der Waals surface area contributed by atoms with Crippen molar-refractivity contribution >= 4 is 17.3 Å². The number of ether oxygens (including phenoxy) is 1. The molecule has 28 heavy (non-hydrogen) atoms. The normalized spacial score (nSPS) is 15.5. The van der Waals surface area contributed by atoms with Crippen molar-refractivity contribution in [2.45, 2.75) is 33.4 Å². The summed E-state index contributed by atoms with van der Waals surface area (Å²) in [4.78, 5) is 17.3. The Kier molecular flexibility index (Phi) is 6.70. The van der Waals surface area contributed by atoms with Gasteiger partial charge in [-0.05, 0) is 56.6 Å². The maximum atomic E-state index is 12.8. The van der Waals surface area contributed by atoms with Crippen molar-refractivity contribution in [3.05, 3.63) is 59.2 Å². The second-order valence-electron chi connectivity index (χ2n) is 7.63. The number of morpholine rings is 1. The van der Waals surface area contributed by atoms with Crippen LogP contribution in [0.15, 0.2) is 42.5 Å². The van der Waals surface area contributed by atoms with Gasteiger partial charge < -0.3 is 15.0 Å².